The zero-order valence-corrected chi connectivity index (χ0v) is 16.7. The van der Waals surface area contributed by atoms with Crippen LogP contribution < -0.4 is 8.92 Å². The van der Waals surface area contributed by atoms with Crippen molar-refractivity contribution in [2.24, 2.45) is 5.92 Å². The van der Waals surface area contributed by atoms with Gasteiger partial charge < -0.3 is 13.8 Å². The molecule has 1 rings (SSSR count). The summed E-state index contributed by atoms with van der Waals surface area (Å²) in [4.78, 5) is 14.4. The lowest BCUT2D eigenvalue weighted by molar-refractivity contribution is -0.134. The third-order valence-electron chi connectivity index (χ3n) is 3.85. The van der Waals surface area contributed by atoms with Crippen molar-refractivity contribution in [2.45, 2.75) is 53.1 Å². The van der Waals surface area contributed by atoms with Crippen molar-refractivity contribution in [2.75, 3.05) is 13.4 Å². The van der Waals surface area contributed by atoms with E-state index in [1.807, 2.05) is 38.7 Å². The summed E-state index contributed by atoms with van der Waals surface area (Å²) >= 11 is 0. The monoisotopic (exact) mass is 371 g/mol. The fourth-order valence-corrected chi connectivity index (χ4v) is 2.88. The number of methoxy groups -OCH3 is 1. The molecule has 0 saturated heterocycles. The second kappa shape index (κ2) is 9.08. The van der Waals surface area contributed by atoms with Gasteiger partial charge in [0, 0.05) is 19.0 Å². The molecule has 0 N–H and O–H groups in total. The standard InChI is InChI=1S/C18H29NO5S/c1-7-14(4)19(18(20)10-13(2)3)12-15-8-9-16(23-5)17(11-15)24-25(6,21)22/h8-9,11,13-14H,7,10,12H2,1-6H3/t14-/m1/s1. The fourth-order valence-electron chi connectivity index (χ4n) is 2.42. The number of hydrogen-bond donors (Lipinski definition) is 0. The molecular formula is C18H29NO5S. The van der Waals surface area contributed by atoms with E-state index < -0.39 is 10.1 Å². The van der Waals surface area contributed by atoms with Gasteiger partial charge in [-0.3, -0.25) is 4.79 Å². The van der Waals surface area contributed by atoms with Crippen molar-refractivity contribution in [3.05, 3.63) is 23.8 Å². The van der Waals surface area contributed by atoms with E-state index in [9.17, 15) is 13.2 Å². The van der Waals surface area contributed by atoms with E-state index in [1.54, 1.807) is 12.1 Å². The second-order valence-corrected chi connectivity index (χ2v) is 8.22. The predicted molar refractivity (Wildman–Crippen MR) is 98.2 cm³/mol. The molecule has 7 heteroatoms. The molecule has 0 spiro atoms. The average Bonchev–Trinajstić information content (AvgIpc) is 2.49. The van der Waals surface area contributed by atoms with Crippen LogP contribution in [-0.4, -0.2) is 38.6 Å². The summed E-state index contributed by atoms with van der Waals surface area (Å²) < 4.78 is 33.0. The van der Waals surface area contributed by atoms with E-state index in [2.05, 4.69) is 0 Å². The maximum absolute atomic E-state index is 12.6. The van der Waals surface area contributed by atoms with Crippen molar-refractivity contribution < 1.29 is 22.1 Å². The first-order valence-electron chi connectivity index (χ1n) is 8.43. The number of ether oxygens (including phenoxy) is 1. The lowest BCUT2D eigenvalue weighted by Crippen LogP contribution is -2.38. The quantitative estimate of drug-likeness (QED) is 0.623. The molecule has 0 aliphatic carbocycles. The van der Waals surface area contributed by atoms with E-state index in [4.69, 9.17) is 8.92 Å². The summed E-state index contributed by atoms with van der Waals surface area (Å²) in [5.74, 6) is 0.825. The van der Waals surface area contributed by atoms with Crippen LogP contribution in [-0.2, 0) is 21.5 Å². The first kappa shape index (κ1) is 21.3. The van der Waals surface area contributed by atoms with Crippen LogP contribution in [0.25, 0.3) is 0 Å². The molecule has 0 aliphatic rings. The van der Waals surface area contributed by atoms with Gasteiger partial charge in [-0.15, -0.1) is 0 Å². The zero-order chi connectivity index (χ0) is 19.2. The van der Waals surface area contributed by atoms with Crippen LogP contribution in [0.1, 0.15) is 46.1 Å². The first-order valence-corrected chi connectivity index (χ1v) is 10.2. The number of carbonyl (C=O) groups is 1. The summed E-state index contributed by atoms with van der Waals surface area (Å²) in [6.45, 7) is 8.46. The highest BCUT2D eigenvalue weighted by atomic mass is 32.2. The third kappa shape index (κ3) is 6.94. The van der Waals surface area contributed by atoms with Gasteiger partial charge in [-0.2, -0.15) is 8.42 Å². The molecule has 0 unspecified atom stereocenters. The van der Waals surface area contributed by atoms with Gasteiger partial charge in [0.05, 0.1) is 13.4 Å². The topological polar surface area (TPSA) is 72.9 Å². The molecule has 0 fully saturated rings. The van der Waals surface area contributed by atoms with Crippen LogP contribution in [0, 0.1) is 5.92 Å². The summed E-state index contributed by atoms with van der Waals surface area (Å²) in [6.07, 6.45) is 2.30. The molecule has 6 nitrogen and oxygen atoms in total. The summed E-state index contributed by atoms with van der Waals surface area (Å²) in [5.41, 5.74) is 0.789. The number of nitrogens with zero attached hydrogens (tertiary/aromatic N) is 1. The lowest BCUT2D eigenvalue weighted by atomic mass is 10.1. The van der Waals surface area contributed by atoms with E-state index in [-0.39, 0.29) is 23.6 Å². The Morgan fingerprint density at radius 3 is 2.32 bits per heavy atom. The maximum Gasteiger partial charge on any atom is 0.306 e. The number of hydrogen-bond acceptors (Lipinski definition) is 5. The van der Waals surface area contributed by atoms with Gasteiger partial charge in [-0.05, 0) is 37.0 Å². The highest BCUT2D eigenvalue weighted by Gasteiger charge is 2.21. The molecule has 1 amide bonds. The highest BCUT2D eigenvalue weighted by molar-refractivity contribution is 7.86. The Labute approximate surface area is 151 Å². The van der Waals surface area contributed by atoms with Gasteiger partial charge in [0.1, 0.15) is 0 Å². The van der Waals surface area contributed by atoms with Gasteiger partial charge in [0.25, 0.3) is 0 Å². The van der Waals surface area contributed by atoms with E-state index >= 15 is 0 Å². The van der Waals surface area contributed by atoms with Crippen molar-refractivity contribution >= 4 is 16.0 Å². The Balaban J connectivity index is 3.11. The third-order valence-corrected chi connectivity index (χ3v) is 4.33. The summed E-state index contributed by atoms with van der Waals surface area (Å²) in [6, 6.07) is 5.16. The summed E-state index contributed by atoms with van der Waals surface area (Å²) in [7, 11) is -2.22. The first-order chi connectivity index (χ1) is 11.6. The zero-order valence-electron chi connectivity index (χ0n) is 15.9. The van der Waals surface area contributed by atoms with Gasteiger partial charge in [0.2, 0.25) is 5.91 Å². The Morgan fingerprint density at radius 2 is 1.84 bits per heavy atom. The maximum atomic E-state index is 12.6. The van der Waals surface area contributed by atoms with E-state index in [0.717, 1.165) is 18.2 Å². The highest BCUT2D eigenvalue weighted by Crippen LogP contribution is 2.30. The Kier molecular flexibility index (Phi) is 7.73. The van der Waals surface area contributed by atoms with Crippen LogP contribution in [0.2, 0.25) is 0 Å². The average molecular weight is 371 g/mol. The van der Waals surface area contributed by atoms with Crippen LogP contribution in [0.5, 0.6) is 11.5 Å². The molecule has 25 heavy (non-hydrogen) atoms. The molecule has 0 radical (unpaired) electrons. The van der Waals surface area contributed by atoms with Gasteiger partial charge in [-0.25, -0.2) is 0 Å². The molecule has 0 aromatic heterocycles. The molecule has 0 heterocycles. The van der Waals surface area contributed by atoms with Crippen molar-refractivity contribution in [1.29, 1.82) is 0 Å². The Morgan fingerprint density at radius 1 is 1.20 bits per heavy atom. The molecule has 1 aromatic carbocycles. The Hall–Kier alpha value is -1.76. The number of carbonyl (C=O) groups excluding carboxylic acids is 1. The van der Waals surface area contributed by atoms with Crippen LogP contribution >= 0.6 is 0 Å². The molecule has 1 aromatic rings. The minimum atomic E-state index is -3.67. The van der Waals surface area contributed by atoms with Gasteiger partial charge >= 0.3 is 10.1 Å². The molecule has 1 atom stereocenters. The van der Waals surface area contributed by atoms with Crippen LogP contribution in [0.15, 0.2) is 18.2 Å². The molecule has 142 valence electrons. The SMILES string of the molecule is CC[C@@H](C)N(Cc1ccc(OC)c(OS(C)(=O)=O)c1)C(=O)CC(C)C. The number of amides is 1. The largest absolute Gasteiger partial charge is 0.493 e. The molecule has 0 aliphatic heterocycles. The minimum absolute atomic E-state index is 0.0887. The van der Waals surface area contributed by atoms with Crippen molar-refractivity contribution in [1.82, 2.24) is 4.90 Å². The normalized spacial score (nSPS) is 12.8. The number of rotatable bonds is 9. The van der Waals surface area contributed by atoms with Gasteiger partial charge in [-0.1, -0.05) is 26.8 Å². The van der Waals surface area contributed by atoms with Crippen LogP contribution in [0.4, 0.5) is 0 Å². The predicted octanol–water partition coefficient (Wildman–Crippen LogP) is 3.21. The molecular weight excluding hydrogens is 342 g/mol. The van der Waals surface area contributed by atoms with Crippen LogP contribution in [0.3, 0.4) is 0 Å². The number of benzene rings is 1. The van der Waals surface area contributed by atoms with Crippen molar-refractivity contribution in [3.63, 3.8) is 0 Å². The van der Waals surface area contributed by atoms with Gasteiger partial charge in [0.15, 0.2) is 11.5 Å². The summed E-state index contributed by atoms with van der Waals surface area (Å²) in [5, 5.41) is 0. The molecule has 0 saturated carbocycles. The smallest absolute Gasteiger partial charge is 0.306 e. The van der Waals surface area contributed by atoms with E-state index in [0.29, 0.717) is 18.7 Å². The molecule has 0 bridgehead atoms. The lowest BCUT2D eigenvalue weighted by Gasteiger charge is -2.29. The fraction of sp³-hybridized carbons (Fsp3) is 0.611. The Bertz CT molecular complexity index is 685. The second-order valence-electron chi connectivity index (χ2n) is 6.65. The minimum Gasteiger partial charge on any atom is -0.493 e. The van der Waals surface area contributed by atoms with E-state index in [1.165, 1.54) is 7.11 Å². The van der Waals surface area contributed by atoms with Crippen molar-refractivity contribution in [3.8, 4) is 11.5 Å².